The van der Waals surface area contributed by atoms with Crippen molar-refractivity contribution >= 4 is 34.7 Å². The van der Waals surface area contributed by atoms with Crippen LogP contribution in [0.5, 0.6) is 0 Å². The summed E-state index contributed by atoms with van der Waals surface area (Å²) in [7, 11) is 0. The highest BCUT2D eigenvalue weighted by Gasteiger charge is 2.37. The molecular weight excluding hydrogens is 316 g/mol. The molecule has 3 rings (SSSR count). The van der Waals surface area contributed by atoms with Crippen LogP contribution in [-0.2, 0) is 20.8 Å². The summed E-state index contributed by atoms with van der Waals surface area (Å²) in [6.45, 7) is 0. The molecule has 9 heteroatoms. The van der Waals surface area contributed by atoms with Crippen LogP contribution in [0.3, 0.4) is 0 Å². The molecule has 0 spiro atoms. The van der Waals surface area contributed by atoms with Gasteiger partial charge in [-0.25, -0.2) is 4.79 Å². The van der Waals surface area contributed by atoms with Crippen molar-refractivity contribution in [3.8, 4) is 0 Å². The first-order chi connectivity index (χ1) is 11.5. The van der Waals surface area contributed by atoms with Gasteiger partial charge in [0.25, 0.3) is 11.8 Å². The molecule has 1 aromatic heterocycles. The summed E-state index contributed by atoms with van der Waals surface area (Å²) in [5, 5.41) is 16.6. The number of nitrogens with one attached hydrogen (secondary N) is 4. The van der Waals surface area contributed by atoms with Gasteiger partial charge in [0.1, 0.15) is 6.04 Å². The second-order valence-electron chi connectivity index (χ2n) is 5.36. The monoisotopic (exact) mass is 330 g/mol. The second kappa shape index (κ2) is 6.13. The lowest BCUT2D eigenvalue weighted by molar-refractivity contribution is -0.140. The summed E-state index contributed by atoms with van der Waals surface area (Å²) in [6, 6.07) is 3.83. The molecule has 2 aromatic rings. The first-order valence-corrected chi connectivity index (χ1v) is 7.15. The lowest BCUT2D eigenvalue weighted by atomic mass is 10.0. The summed E-state index contributed by atoms with van der Waals surface area (Å²) in [6.07, 6.45) is 1.75. The molecule has 5 N–H and O–H groups in total. The number of carboxylic acids is 1. The Morgan fingerprint density at radius 1 is 1.17 bits per heavy atom. The van der Waals surface area contributed by atoms with E-state index in [0.29, 0.717) is 0 Å². The van der Waals surface area contributed by atoms with Crippen LogP contribution < -0.4 is 16.0 Å². The topological polar surface area (TPSA) is 140 Å². The number of benzene rings is 1. The minimum Gasteiger partial charge on any atom is -0.480 e. The number of hydrogen-bond acceptors (Lipinski definition) is 5. The van der Waals surface area contributed by atoms with E-state index in [1.54, 1.807) is 6.20 Å². The van der Waals surface area contributed by atoms with Gasteiger partial charge in [-0.2, -0.15) is 0 Å². The Morgan fingerprint density at radius 2 is 1.83 bits per heavy atom. The number of barbiturate groups is 1. The van der Waals surface area contributed by atoms with Crippen molar-refractivity contribution in [1.82, 2.24) is 20.9 Å². The summed E-state index contributed by atoms with van der Waals surface area (Å²) < 4.78 is 0. The van der Waals surface area contributed by atoms with Gasteiger partial charge in [0.15, 0.2) is 6.04 Å². The number of amides is 4. The molecule has 1 aromatic carbocycles. The van der Waals surface area contributed by atoms with Crippen molar-refractivity contribution in [2.45, 2.75) is 18.5 Å². The van der Waals surface area contributed by atoms with Gasteiger partial charge in [-0.05, 0) is 11.6 Å². The molecule has 1 aliphatic rings. The van der Waals surface area contributed by atoms with E-state index in [2.05, 4.69) is 10.3 Å². The van der Waals surface area contributed by atoms with Gasteiger partial charge in [-0.15, -0.1) is 0 Å². The van der Waals surface area contributed by atoms with Gasteiger partial charge in [0.2, 0.25) is 0 Å². The number of H-pyrrole nitrogens is 1. The standard InChI is InChI=1S/C15H14N4O5/c20-12-11(13(21)19-15(24)18-12)17-10(14(22)23)5-7-6-16-9-4-2-1-3-8(7)9/h1-4,6,10-11,16-17H,5H2,(H,22,23)(H2,18,19,20,21,24). The largest absolute Gasteiger partial charge is 0.480 e. The maximum absolute atomic E-state index is 11.7. The van der Waals surface area contributed by atoms with Gasteiger partial charge < -0.3 is 10.1 Å². The van der Waals surface area contributed by atoms with Crippen molar-refractivity contribution in [3.05, 3.63) is 36.0 Å². The number of aromatic nitrogens is 1. The normalized spacial score (nSPS) is 16.8. The molecule has 124 valence electrons. The number of para-hydroxylation sites is 1. The molecular formula is C15H14N4O5. The van der Waals surface area contributed by atoms with Crippen molar-refractivity contribution in [2.75, 3.05) is 0 Å². The van der Waals surface area contributed by atoms with E-state index in [1.807, 2.05) is 34.9 Å². The third-order valence-electron chi connectivity index (χ3n) is 3.76. The SMILES string of the molecule is O=C1NC(=O)C(NC(Cc2c[nH]c3ccccc23)C(=O)O)C(=O)N1. The predicted molar refractivity (Wildman–Crippen MR) is 82.0 cm³/mol. The highest BCUT2D eigenvalue weighted by atomic mass is 16.4. The van der Waals surface area contributed by atoms with Gasteiger partial charge in [-0.1, -0.05) is 18.2 Å². The van der Waals surface area contributed by atoms with Crippen LogP contribution in [0.1, 0.15) is 5.56 Å². The number of rotatable bonds is 5. The fourth-order valence-corrected chi connectivity index (χ4v) is 2.61. The van der Waals surface area contributed by atoms with Crippen LogP contribution in [0.2, 0.25) is 0 Å². The van der Waals surface area contributed by atoms with Gasteiger partial charge in [0.05, 0.1) is 0 Å². The quantitative estimate of drug-likeness (QED) is 0.468. The van der Waals surface area contributed by atoms with Crippen molar-refractivity contribution in [1.29, 1.82) is 0 Å². The number of aromatic amines is 1. The van der Waals surface area contributed by atoms with E-state index >= 15 is 0 Å². The fraction of sp³-hybridized carbons (Fsp3) is 0.200. The summed E-state index contributed by atoms with van der Waals surface area (Å²) >= 11 is 0. The van der Waals surface area contributed by atoms with Crippen molar-refractivity contribution in [3.63, 3.8) is 0 Å². The van der Waals surface area contributed by atoms with E-state index < -0.39 is 35.9 Å². The van der Waals surface area contributed by atoms with E-state index in [0.717, 1.165) is 16.5 Å². The van der Waals surface area contributed by atoms with Gasteiger partial charge in [0, 0.05) is 23.5 Å². The summed E-state index contributed by atoms with van der Waals surface area (Å²) in [5.74, 6) is -2.97. The van der Waals surface area contributed by atoms with Gasteiger partial charge in [-0.3, -0.25) is 30.3 Å². The molecule has 1 atom stereocenters. The number of carbonyl (C=O) groups is 4. The van der Waals surface area contributed by atoms with Crippen molar-refractivity contribution < 1.29 is 24.3 Å². The fourth-order valence-electron chi connectivity index (χ4n) is 2.61. The predicted octanol–water partition coefficient (Wildman–Crippen LogP) is -0.512. The molecule has 1 saturated heterocycles. The van der Waals surface area contributed by atoms with Crippen LogP contribution in [0.15, 0.2) is 30.5 Å². The Labute approximate surface area is 135 Å². The molecule has 4 amide bonds. The molecule has 1 fully saturated rings. The number of carboxylic acid groups (broad SMARTS) is 1. The van der Waals surface area contributed by atoms with Gasteiger partial charge >= 0.3 is 12.0 Å². The van der Waals surface area contributed by atoms with Crippen LogP contribution >= 0.6 is 0 Å². The minimum absolute atomic E-state index is 0.0599. The van der Waals surface area contributed by atoms with Crippen LogP contribution in [-0.4, -0.2) is 46.0 Å². The maximum Gasteiger partial charge on any atom is 0.328 e. The third-order valence-corrected chi connectivity index (χ3v) is 3.76. The first kappa shape index (κ1) is 15.7. The molecule has 9 nitrogen and oxygen atoms in total. The number of urea groups is 1. The zero-order chi connectivity index (χ0) is 17.3. The van der Waals surface area contributed by atoms with Crippen molar-refractivity contribution in [2.24, 2.45) is 0 Å². The average molecular weight is 330 g/mol. The zero-order valence-electron chi connectivity index (χ0n) is 12.3. The Hall–Kier alpha value is -3.20. The maximum atomic E-state index is 11.7. The lowest BCUT2D eigenvalue weighted by Gasteiger charge is -2.24. The third kappa shape index (κ3) is 2.97. The Kier molecular flexibility index (Phi) is 4.00. The molecule has 0 radical (unpaired) electrons. The minimum atomic E-state index is -1.45. The summed E-state index contributed by atoms with van der Waals surface area (Å²) in [4.78, 5) is 49.1. The molecule has 0 aliphatic carbocycles. The van der Waals surface area contributed by atoms with E-state index in [-0.39, 0.29) is 6.42 Å². The Morgan fingerprint density at radius 3 is 2.50 bits per heavy atom. The number of carbonyl (C=O) groups excluding carboxylic acids is 3. The van der Waals surface area contributed by atoms with Crippen LogP contribution in [0.25, 0.3) is 10.9 Å². The Bertz CT molecular complexity index is 823. The lowest BCUT2D eigenvalue weighted by Crippen LogP contribution is -2.65. The molecule has 0 bridgehead atoms. The average Bonchev–Trinajstić information content (AvgIpc) is 2.92. The van der Waals surface area contributed by atoms with Crippen LogP contribution in [0.4, 0.5) is 4.79 Å². The van der Waals surface area contributed by atoms with E-state index in [4.69, 9.17) is 0 Å². The van der Waals surface area contributed by atoms with E-state index in [9.17, 15) is 24.3 Å². The Balaban J connectivity index is 1.80. The number of aliphatic carboxylic acids is 1. The molecule has 24 heavy (non-hydrogen) atoms. The molecule has 2 heterocycles. The van der Waals surface area contributed by atoms with E-state index in [1.165, 1.54) is 0 Å². The highest BCUT2D eigenvalue weighted by molar-refractivity contribution is 6.19. The highest BCUT2D eigenvalue weighted by Crippen LogP contribution is 2.19. The first-order valence-electron chi connectivity index (χ1n) is 7.15. The summed E-state index contributed by atoms with van der Waals surface area (Å²) in [5.41, 5.74) is 1.59. The smallest absolute Gasteiger partial charge is 0.328 e. The molecule has 1 unspecified atom stereocenters. The molecule has 0 saturated carbocycles. The number of fused-ring (bicyclic) bond motifs is 1. The number of imide groups is 2. The molecule has 1 aliphatic heterocycles. The number of hydrogen-bond donors (Lipinski definition) is 5. The second-order valence-corrected chi connectivity index (χ2v) is 5.36. The zero-order valence-corrected chi connectivity index (χ0v) is 12.3. The van der Waals surface area contributed by atoms with Crippen LogP contribution in [0, 0.1) is 0 Å².